The quantitative estimate of drug-likeness (QED) is 0.768. The van der Waals surface area contributed by atoms with Gasteiger partial charge in [-0.15, -0.1) is 0 Å². The number of aromatic nitrogens is 2. The number of aromatic amines is 1. The summed E-state index contributed by atoms with van der Waals surface area (Å²) in [6.45, 7) is 0. The number of rotatable bonds is 3. The third-order valence-corrected chi connectivity index (χ3v) is 3.81. The molecule has 0 aliphatic carbocycles. The van der Waals surface area contributed by atoms with Crippen LogP contribution in [0.1, 0.15) is 5.56 Å². The fourth-order valence-electron chi connectivity index (χ4n) is 2.62. The van der Waals surface area contributed by atoms with Crippen LogP contribution in [0.4, 0.5) is 5.69 Å². The van der Waals surface area contributed by atoms with E-state index in [9.17, 15) is 9.59 Å². The smallest absolute Gasteiger partial charge is 0.439 e. The van der Waals surface area contributed by atoms with Crippen molar-refractivity contribution in [3.8, 4) is 17.1 Å². The van der Waals surface area contributed by atoms with Crippen LogP contribution in [0, 0.1) is 0 Å². The fraction of sp³-hybridized carbons (Fsp3) is 0.118. The molecule has 1 amide bonds. The van der Waals surface area contributed by atoms with Gasteiger partial charge in [-0.1, -0.05) is 23.4 Å². The first-order valence-corrected chi connectivity index (χ1v) is 7.41. The van der Waals surface area contributed by atoms with Gasteiger partial charge in [-0.2, -0.15) is 0 Å². The number of hydrogen-bond donors (Lipinski definition) is 2. The Balaban J connectivity index is 1.44. The van der Waals surface area contributed by atoms with Crippen LogP contribution in [0.3, 0.4) is 0 Å². The lowest BCUT2D eigenvalue weighted by Crippen LogP contribution is -2.31. The van der Waals surface area contributed by atoms with Gasteiger partial charge in [-0.25, -0.2) is 4.79 Å². The molecule has 2 aromatic carbocycles. The highest BCUT2D eigenvalue weighted by molar-refractivity contribution is 5.95. The summed E-state index contributed by atoms with van der Waals surface area (Å²) in [5.74, 6) is 0.282. The van der Waals surface area contributed by atoms with Crippen LogP contribution in [0.25, 0.3) is 11.4 Å². The number of ether oxygens (including phenoxy) is 1. The largest absolute Gasteiger partial charge is 0.480 e. The number of benzene rings is 2. The summed E-state index contributed by atoms with van der Waals surface area (Å²) in [5.41, 5.74) is 2.35. The van der Waals surface area contributed by atoms with Gasteiger partial charge in [0.15, 0.2) is 11.9 Å². The minimum absolute atomic E-state index is 0.200. The third kappa shape index (κ3) is 2.67. The van der Waals surface area contributed by atoms with Crippen molar-refractivity contribution in [2.75, 3.05) is 5.32 Å². The molecule has 2 N–H and O–H groups in total. The molecule has 1 aliphatic rings. The number of H-pyrrole nitrogens is 1. The van der Waals surface area contributed by atoms with E-state index in [2.05, 4.69) is 20.0 Å². The summed E-state index contributed by atoms with van der Waals surface area (Å²) in [7, 11) is 0. The number of fused-ring (bicyclic) bond motifs is 1. The van der Waals surface area contributed by atoms with Gasteiger partial charge in [-0.05, 0) is 35.9 Å². The second-order valence-electron chi connectivity index (χ2n) is 5.43. The maximum Gasteiger partial charge on any atom is 0.439 e. The summed E-state index contributed by atoms with van der Waals surface area (Å²) in [4.78, 5) is 25.8. The lowest BCUT2D eigenvalue weighted by molar-refractivity contribution is -0.122. The van der Waals surface area contributed by atoms with E-state index in [0.717, 1.165) is 11.3 Å². The molecule has 1 atom stereocenters. The van der Waals surface area contributed by atoms with E-state index < -0.39 is 11.9 Å². The Hall–Kier alpha value is -3.35. The standard InChI is InChI=1S/C17H13N3O4/c21-16(14-9-11-3-1-2-4-13(11)23-14)18-12-7-5-10(6-8-12)15-19-17(22)24-20-15/h1-8,14H,9H2,(H,18,21)(H,19,20,22)/t14-/m0/s1. The van der Waals surface area contributed by atoms with Crippen molar-refractivity contribution in [2.24, 2.45) is 0 Å². The maximum absolute atomic E-state index is 12.3. The molecule has 3 aromatic rings. The second-order valence-corrected chi connectivity index (χ2v) is 5.43. The van der Waals surface area contributed by atoms with Crippen molar-refractivity contribution in [1.29, 1.82) is 0 Å². The third-order valence-electron chi connectivity index (χ3n) is 3.81. The average Bonchev–Trinajstić information content (AvgIpc) is 3.21. The zero-order valence-electron chi connectivity index (χ0n) is 12.5. The molecule has 1 aliphatic heterocycles. The Morgan fingerprint density at radius 3 is 2.67 bits per heavy atom. The Kier molecular flexibility index (Phi) is 3.38. The number of carbonyl (C=O) groups is 1. The van der Waals surface area contributed by atoms with Crippen LogP contribution in [0.2, 0.25) is 0 Å². The summed E-state index contributed by atoms with van der Waals surface area (Å²) in [6, 6.07) is 14.5. The molecular formula is C17H13N3O4. The number of hydrogen-bond acceptors (Lipinski definition) is 5. The molecule has 1 aromatic heterocycles. The van der Waals surface area contributed by atoms with E-state index >= 15 is 0 Å². The predicted molar refractivity (Wildman–Crippen MR) is 85.8 cm³/mol. The highest BCUT2D eigenvalue weighted by atomic mass is 16.5. The minimum Gasteiger partial charge on any atom is -0.480 e. The van der Waals surface area contributed by atoms with Crippen molar-refractivity contribution in [1.82, 2.24) is 10.1 Å². The molecule has 0 spiro atoms. The van der Waals surface area contributed by atoms with E-state index in [1.165, 1.54) is 0 Å². The molecular weight excluding hydrogens is 310 g/mol. The van der Waals surface area contributed by atoms with Crippen LogP contribution in [0.15, 0.2) is 57.8 Å². The number of amides is 1. The molecule has 24 heavy (non-hydrogen) atoms. The van der Waals surface area contributed by atoms with Crippen LogP contribution in [0.5, 0.6) is 5.75 Å². The normalized spacial score (nSPS) is 15.6. The first-order chi connectivity index (χ1) is 11.7. The lowest BCUT2D eigenvalue weighted by Gasteiger charge is -2.11. The number of nitrogens with one attached hydrogen (secondary N) is 2. The Morgan fingerprint density at radius 2 is 1.96 bits per heavy atom. The van der Waals surface area contributed by atoms with Crippen LogP contribution in [-0.2, 0) is 11.2 Å². The lowest BCUT2D eigenvalue weighted by atomic mass is 10.1. The Morgan fingerprint density at radius 1 is 1.17 bits per heavy atom. The van der Waals surface area contributed by atoms with Gasteiger partial charge in [0.05, 0.1) is 0 Å². The van der Waals surface area contributed by atoms with Gasteiger partial charge in [0.2, 0.25) is 0 Å². The van der Waals surface area contributed by atoms with Crippen molar-refractivity contribution in [3.05, 3.63) is 64.6 Å². The highest BCUT2D eigenvalue weighted by Gasteiger charge is 2.28. The molecule has 7 nitrogen and oxygen atoms in total. The first kappa shape index (κ1) is 14.3. The molecule has 0 fully saturated rings. The average molecular weight is 323 g/mol. The molecule has 0 saturated carbocycles. The Bertz CT molecular complexity index is 918. The van der Waals surface area contributed by atoms with Crippen molar-refractivity contribution in [3.63, 3.8) is 0 Å². The SMILES string of the molecule is O=C(Nc1ccc(-c2noc(=O)[nH]2)cc1)[C@@H]1Cc2ccccc2O1. The van der Waals surface area contributed by atoms with Gasteiger partial charge in [0.1, 0.15) is 5.75 Å². The fourth-order valence-corrected chi connectivity index (χ4v) is 2.62. The van der Waals surface area contributed by atoms with Gasteiger partial charge in [0, 0.05) is 17.7 Å². The molecule has 7 heteroatoms. The molecule has 0 bridgehead atoms. The van der Waals surface area contributed by atoms with Crippen molar-refractivity contribution in [2.45, 2.75) is 12.5 Å². The van der Waals surface area contributed by atoms with Gasteiger partial charge in [-0.3, -0.25) is 14.3 Å². The summed E-state index contributed by atoms with van der Waals surface area (Å²) >= 11 is 0. The van der Waals surface area contributed by atoms with Crippen LogP contribution < -0.4 is 15.8 Å². The number of carbonyl (C=O) groups excluding carboxylic acids is 1. The molecule has 0 unspecified atom stereocenters. The number of para-hydroxylation sites is 1. The van der Waals surface area contributed by atoms with Crippen LogP contribution >= 0.6 is 0 Å². The maximum atomic E-state index is 12.3. The second kappa shape index (κ2) is 5.69. The highest BCUT2D eigenvalue weighted by Crippen LogP contribution is 2.28. The first-order valence-electron chi connectivity index (χ1n) is 7.41. The summed E-state index contributed by atoms with van der Waals surface area (Å²) in [5, 5.41) is 6.44. The molecule has 120 valence electrons. The summed E-state index contributed by atoms with van der Waals surface area (Å²) in [6.07, 6.45) is 0.0225. The summed E-state index contributed by atoms with van der Waals surface area (Å²) < 4.78 is 10.1. The minimum atomic E-state index is -0.611. The zero-order chi connectivity index (χ0) is 16.5. The van der Waals surface area contributed by atoms with Crippen molar-refractivity contribution < 1.29 is 14.1 Å². The zero-order valence-corrected chi connectivity index (χ0v) is 12.5. The van der Waals surface area contributed by atoms with Crippen LogP contribution in [-0.4, -0.2) is 22.2 Å². The Labute approximate surface area is 136 Å². The molecule has 4 rings (SSSR count). The van der Waals surface area contributed by atoms with E-state index in [0.29, 0.717) is 23.5 Å². The number of anilines is 1. The van der Waals surface area contributed by atoms with E-state index in [-0.39, 0.29) is 5.91 Å². The van der Waals surface area contributed by atoms with E-state index in [1.807, 2.05) is 24.3 Å². The van der Waals surface area contributed by atoms with Gasteiger partial charge < -0.3 is 10.1 Å². The predicted octanol–water partition coefficient (Wildman–Crippen LogP) is 1.97. The van der Waals surface area contributed by atoms with Crippen molar-refractivity contribution >= 4 is 11.6 Å². The number of nitrogens with zero attached hydrogens (tertiary/aromatic N) is 1. The topological polar surface area (TPSA) is 97.2 Å². The monoisotopic (exact) mass is 323 g/mol. The van der Waals surface area contributed by atoms with E-state index in [1.54, 1.807) is 24.3 Å². The molecule has 0 radical (unpaired) electrons. The van der Waals surface area contributed by atoms with E-state index in [4.69, 9.17) is 4.74 Å². The molecule has 0 saturated heterocycles. The van der Waals surface area contributed by atoms with Gasteiger partial charge in [0.25, 0.3) is 5.91 Å². The van der Waals surface area contributed by atoms with Gasteiger partial charge >= 0.3 is 5.76 Å². The molecule has 2 heterocycles.